The highest BCUT2D eigenvalue weighted by Crippen LogP contribution is 2.33. The van der Waals surface area contributed by atoms with E-state index in [1.807, 2.05) is 0 Å². The average molecular weight is 306 g/mol. The number of aromatic nitrogens is 2. The molecular formula is C15H22N4OS. The van der Waals surface area contributed by atoms with Gasteiger partial charge in [-0.25, -0.2) is 4.98 Å². The lowest BCUT2D eigenvalue weighted by atomic mass is 10.1. The van der Waals surface area contributed by atoms with Crippen molar-refractivity contribution in [2.45, 2.75) is 39.2 Å². The second kappa shape index (κ2) is 6.15. The van der Waals surface area contributed by atoms with E-state index in [2.05, 4.69) is 35.1 Å². The third kappa shape index (κ3) is 3.11. The maximum atomic E-state index is 9.69. The smallest absolute Gasteiger partial charge is 0.226 e. The Morgan fingerprint density at radius 1 is 1.38 bits per heavy atom. The van der Waals surface area contributed by atoms with Crippen molar-refractivity contribution in [3.63, 3.8) is 0 Å². The maximum Gasteiger partial charge on any atom is 0.226 e. The molecule has 1 saturated heterocycles. The van der Waals surface area contributed by atoms with Crippen molar-refractivity contribution in [3.05, 3.63) is 10.9 Å². The first-order valence-corrected chi connectivity index (χ1v) is 8.44. The molecule has 0 radical (unpaired) electrons. The standard InChI is InChI=1S/C15H22N4OS/c1-3-6-16-15-17-13(19-7-4-11(20)5-8-19)12-9-10(2)21-14(12)18-15/h9,11,20H,3-8H2,1-2H3,(H,16,17,18). The molecule has 0 aliphatic carbocycles. The summed E-state index contributed by atoms with van der Waals surface area (Å²) in [6.45, 7) is 6.84. The van der Waals surface area contributed by atoms with Crippen LogP contribution in [-0.2, 0) is 0 Å². The summed E-state index contributed by atoms with van der Waals surface area (Å²) in [6.07, 6.45) is 2.51. The lowest BCUT2D eigenvalue weighted by Crippen LogP contribution is -2.36. The summed E-state index contributed by atoms with van der Waals surface area (Å²) in [7, 11) is 0. The predicted octanol–water partition coefficient (Wildman–Crippen LogP) is 2.78. The Balaban J connectivity index is 1.97. The number of aliphatic hydroxyl groups excluding tert-OH is 1. The lowest BCUT2D eigenvalue weighted by Gasteiger charge is -2.31. The van der Waals surface area contributed by atoms with Crippen LogP contribution in [0, 0.1) is 6.92 Å². The zero-order valence-electron chi connectivity index (χ0n) is 12.6. The first-order valence-electron chi connectivity index (χ1n) is 7.62. The van der Waals surface area contributed by atoms with Gasteiger partial charge in [-0.15, -0.1) is 11.3 Å². The largest absolute Gasteiger partial charge is 0.393 e. The maximum absolute atomic E-state index is 9.69. The van der Waals surface area contributed by atoms with E-state index in [1.54, 1.807) is 11.3 Å². The summed E-state index contributed by atoms with van der Waals surface area (Å²) in [4.78, 5) is 13.9. The molecule has 2 N–H and O–H groups in total. The van der Waals surface area contributed by atoms with Crippen LogP contribution in [0.4, 0.5) is 11.8 Å². The van der Waals surface area contributed by atoms with Gasteiger partial charge in [0.1, 0.15) is 10.6 Å². The van der Waals surface area contributed by atoms with Crippen LogP contribution in [0.3, 0.4) is 0 Å². The second-order valence-corrected chi connectivity index (χ2v) is 6.83. The average Bonchev–Trinajstić information content (AvgIpc) is 2.85. The Morgan fingerprint density at radius 2 is 2.14 bits per heavy atom. The number of aliphatic hydroxyl groups is 1. The molecule has 1 aliphatic rings. The fraction of sp³-hybridized carbons (Fsp3) is 0.600. The number of rotatable bonds is 4. The number of hydrogen-bond donors (Lipinski definition) is 2. The van der Waals surface area contributed by atoms with E-state index in [0.717, 1.165) is 54.9 Å². The fourth-order valence-electron chi connectivity index (χ4n) is 2.66. The molecule has 3 rings (SSSR count). The highest BCUT2D eigenvalue weighted by Gasteiger charge is 2.21. The van der Waals surface area contributed by atoms with Crippen LogP contribution in [-0.4, -0.2) is 40.8 Å². The van der Waals surface area contributed by atoms with Crippen LogP contribution in [0.5, 0.6) is 0 Å². The van der Waals surface area contributed by atoms with Gasteiger partial charge in [-0.2, -0.15) is 4.98 Å². The molecule has 2 aromatic heterocycles. The molecule has 0 aromatic carbocycles. The van der Waals surface area contributed by atoms with E-state index < -0.39 is 0 Å². The summed E-state index contributed by atoms with van der Waals surface area (Å²) < 4.78 is 0. The van der Waals surface area contributed by atoms with Crippen molar-refractivity contribution in [2.75, 3.05) is 29.9 Å². The van der Waals surface area contributed by atoms with Crippen LogP contribution in [0.1, 0.15) is 31.1 Å². The zero-order valence-corrected chi connectivity index (χ0v) is 13.4. The number of piperidine rings is 1. The Labute approximate surface area is 129 Å². The van der Waals surface area contributed by atoms with Gasteiger partial charge < -0.3 is 15.3 Å². The minimum Gasteiger partial charge on any atom is -0.393 e. The molecule has 0 amide bonds. The van der Waals surface area contributed by atoms with E-state index in [4.69, 9.17) is 4.98 Å². The molecule has 6 heteroatoms. The SMILES string of the molecule is CCCNc1nc(N2CCC(O)CC2)c2cc(C)sc2n1. The third-order valence-electron chi connectivity index (χ3n) is 3.79. The van der Waals surface area contributed by atoms with E-state index in [9.17, 15) is 5.11 Å². The number of nitrogens with one attached hydrogen (secondary N) is 1. The first-order chi connectivity index (χ1) is 10.2. The zero-order chi connectivity index (χ0) is 14.8. The van der Waals surface area contributed by atoms with E-state index in [-0.39, 0.29) is 6.10 Å². The normalized spacial score (nSPS) is 16.6. The molecule has 1 fully saturated rings. The number of fused-ring (bicyclic) bond motifs is 1. The van der Waals surface area contributed by atoms with Crippen LogP contribution in [0.25, 0.3) is 10.2 Å². The van der Waals surface area contributed by atoms with Crippen LogP contribution < -0.4 is 10.2 Å². The van der Waals surface area contributed by atoms with Gasteiger partial charge in [0.15, 0.2) is 0 Å². The first kappa shape index (κ1) is 14.5. The molecule has 3 heterocycles. The Hall–Kier alpha value is -1.40. The van der Waals surface area contributed by atoms with Crippen molar-refractivity contribution in [1.29, 1.82) is 0 Å². The highest BCUT2D eigenvalue weighted by molar-refractivity contribution is 7.18. The molecule has 21 heavy (non-hydrogen) atoms. The fourth-order valence-corrected chi connectivity index (χ4v) is 3.54. The Bertz CT molecular complexity index is 619. The van der Waals surface area contributed by atoms with Gasteiger partial charge in [0, 0.05) is 24.5 Å². The van der Waals surface area contributed by atoms with Crippen molar-refractivity contribution in [2.24, 2.45) is 0 Å². The van der Waals surface area contributed by atoms with Gasteiger partial charge in [0.05, 0.1) is 11.5 Å². The lowest BCUT2D eigenvalue weighted by molar-refractivity contribution is 0.145. The summed E-state index contributed by atoms with van der Waals surface area (Å²) in [5.41, 5.74) is 0. The van der Waals surface area contributed by atoms with Crippen molar-refractivity contribution in [3.8, 4) is 0 Å². The molecule has 0 bridgehead atoms. The number of nitrogens with zero attached hydrogens (tertiary/aromatic N) is 3. The molecule has 0 saturated carbocycles. The molecule has 5 nitrogen and oxygen atoms in total. The third-order valence-corrected chi connectivity index (χ3v) is 4.74. The topological polar surface area (TPSA) is 61.3 Å². The molecule has 114 valence electrons. The number of anilines is 2. The quantitative estimate of drug-likeness (QED) is 0.909. The molecule has 0 spiro atoms. The van der Waals surface area contributed by atoms with Gasteiger partial charge in [-0.1, -0.05) is 6.92 Å². The summed E-state index contributed by atoms with van der Waals surface area (Å²) in [5.74, 6) is 1.72. The van der Waals surface area contributed by atoms with Gasteiger partial charge in [-0.3, -0.25) is 0 Å². The van der Waals surface area contributed by atoms with E-state index >= 15 is 0 Å². The highest BCUT2D eigenvalue weighted by atomic mass is 32.1. The van der Waals surface area contributed by atoms with Gasteiger partial charge in [-0.05, 0) is 32.3 Å². The summed E-state index contributed by atoms with van der Waals surface area (Å²) in [5, 5.41) is 14.1. The molecular weight excluding hydrogens is 284 g/mol. The molecule has 0 atom stereocenters. The van der Waals surface area contributed by atoms with Crippen LogP contribution in [0.2, 0.25) is 0 Å². The second-order valence-electron chi connectivity index (χ2n) is 5.59. The van der Waals surface area contributed by atoms with Gasteiger partial charge >= 0.3 is 0 Å². The van der Waals surface area contributed by atoms with Gasteiger partial charge in [0.2, 0.25) is 5.95 Å². The van der Waals surface area contributed by atoms with Crippen LogP contribution >= 0.6 is 11.3 Å². The van der Waals surface area contributed by atoms with E-state index in [0.29, 0.717) is 5.95 Å². The number of thiophene rings is 1. The molecule has 2 aromatic rings. The Kier molecular flexibility index (Phi) is 4.26. The van der Waals surface area contributed by atoms with Gasteiger partial charge in [0.25, 0.3) is 0 Å². The predicted molar refractivity (Wildman–Crippen MR) is 88.4 cm³/mol. The minimum atomic E-state index is -0.166. The van der Waals surface area contributed by atoms with E-state index in [1.165, 1.54) is 4.88 Å². The van der Waals surface area contributed by atoms with Crippen molar-refractivity contribution in [1.82, 2.24) is 9.97 Å². The number of hydrogen-bond acceptors (Lipinski definition) is 6. The van der Waals surface area contributed by atoms with Crippen LogP contribution in [0.15, 0.2) is 6.07 Å². The monoisotopic (exact) mass is 306 g/mol. The summed E-state index contributed by atoms with van der Waals surface area (Å²) >= 11 is 1.71. The minimum absolute atomic E-state index is 0.166. The molecule has 0 unspecified atom stereocenters. The summed E-state index contributed by atoms with van der Waals surface area (Å²) in [6, 6.07) is 2.17. The molecule has 1 aliphatic heterocycles. The van der Waals surface area contributed by atoms with Crippen molar-refractivity contribution < 1.29 is 5.11 Å². The number of aryl methyl sites for hydroxylation is 1. The van der Waals surface area contributed by atoms with Crippen molar-refractivity contribution >= 4 is 33.3 Å². The Morgan fingerprint density at radius 3 is 2.86 bits per heavy atom.